The molecule has 2 N–H and O–H groups in total. The van der Waals surface area contributed by atoms with Crippen molar-refractivity contribution >= 4 is 11.6 Å². The maximum absolute atomic E-state index is 13.0. The summed E-state index contributed by atoms with van der Waals surface area (Å²) in [7, 11) is 1.46. The van der Waals surface area contributed by atoms with Crippen molar-refractivity contribution < 1.29 is 23.4 Å². The number of rotatable bonds is 4. The summed E-state index contributed by atoms with van der Waals surface area (Å²) in [6, 6.07) is 8.92. The van der Waals surface area contributed by atoms with E-state index >= 15 is 0 Å². The Bertz CT molecular complexity index is 641. The smallest absolute Gasteiger partial charge is 0.257 e. The fraction of sp³-hybridized carbons (Fsp3) is 0.133. The number of aliphatic hydroxyl groups is 1. The average molecular weight is 293 g/mol. The van der Waals surface area contributed by atoms with Crippen molar-refractivity contribution in [3.63, 3.8) is 0 Å². The lowest BCUT2D eigenvalue weighted by Crippen LogP contribution is -2.21. The van der Waals surface area contributed by atoms with E-state index in [9.17, 15) is 18.7 Å². The Hall–Kier alpha value is -2.47. The quantitative estimate of drug-likeness (QED) is 0.911. The number of benzene rings is 2. The van der Waals surface area contributed by atoms with E-state index in [1.165, 1.54) is 13.2 Å². The fourth-order valence-electron chi connectivity index (χ4n) is 1.80. The zero-order valence-corrected chi connectivity index (χ0v) is 11.1. The molecule has 0 aliphatic heterocycles. The number of anilines is 1. The summed E-state index contributed by atoms with van der Waals surface area (Å²) in [4.78, 5) is 11.9. The van der Waals surface area contributed by atoms with Crippen molar-refractivity contribution in [2.75, 3.05) is 12.4 Å². The molecule has 2 rings (SSSR count). The van der Waals surface area contributed by atoms with Crippen molar-refractivity contribution in [3.05, 3.63) is 59.7 Å². The van der Waals surface area contributed by atoms with Gasteiger partial charge in [-0.05, 0) is 29.8 Å². The van der Waals surface area contributed by atoms with Gasteiger partial charge in [0.25, 0.3) is 5.91 Å². The van der Waals surface area contributed by atoms with Gasteiger partial charge >= 0.3 is 0 Å². The molecule has 21 heavy (non-hydrogen) atoms. The van der Waals surface area contributed by atoms with Crippen LogP contribution < -0.4 is 10.1 Å². The number of carbonyl (C=O) groups is 1. The zero-order valence-electron chi connectivity index (χ0n) is 11.1. The molecule has 0 heterocycles. The molecule has 4 nitrogen and oxygen atoms in total. The normalized spacial score (nSPS) is 11.8. The van der Waals surface area contributed by atoms with Crippen LogP contribution in [-0.2, 0) is 4.79 Å². The van der Waals surface area contributed by atoms with Crippen molar-refractivity contribution in [1.29, 1.82) is 0 Å². The van der Waals surface area contributed by atoms with E-state index in [0.29, 0.717) is 17.4 Å². The van der Waals surface area contributed by atoms with Gasteiger partial charge in [0.2, 0.25) is 0 Å². The minimum atomic E-state index is -1.48. The van der Waals surface area contributed by atoms with Crippen LogP contribution in [0.3, 0.4) is 0 Å². The zero-order chi connectivity index (χ0) is 15.4. The number of amides is 1. The van der Waals surface area contributed by atoms with E-state index in [4.69, 9.17) is 4.74 Å². The maximum atomic E-state index is 13.0. The van der Waals surface area contributed by atoms with Gasteiger partial charge in [-0.2, -0.15) is 0 Å². The van der Waals surface area contributed by atoms with Crippen molar-refractivity contribution in [1.82, 2.24) is 0 Å². The van der Waals surface area contributed by atoms with Crippen LogP contribution in [0.1, 0.15) is 11.7 Å². The lowest BCUT2D eigenvalue weighted by Gasteiger charge is -2.12. The third-order valence-electron chi connectivity index (χ3n) is 2.79. The van der Waals surface area contributed by atoms with Gasteiger partial charge in [0.1, 0.15) is 17.4 Å². The Morgan fingerprint density at radius 3 is 2.48 bits per heavy atom. The van der Waals surface area contributed by atoms with Crippen LogP contribution in [-0.4, -0.2) is 18.1 Å². The number of aliphatic hydroxyl groups excluding tert-OH is 1. The van der Waals surface area contributed by atoms with E-state index in [-0.39, 0.29) is 5.69 Å². The third-order valence-corrected chi connectivity index (χ3v) is 2.79. The second-order valence-corrected chi connectivity index (χ2v) is 4.33. The van der Waals surface area contributed by atoms with Crippen molar-refractivity contribution in [2.24, 2.45) is 0 Å². The molecule has 0 aromatic heterocycles. The van der Waals surface area contributed by atoms with Gasteiger partial charge in [-0.25, -0.2) is 8.78 Å². The summed E-state index contributed by atoms with van der Waals surface area (Å²) >= 11 is 0. The highest BCUT2D eigenvalue weighted by Gasteiger charge is 2.18. The SMILES string of the molecule is COc1cccc(C(O)C(=O)Nc2cc(F)cc(F)c2)c1. The largest absolute Gasteiger partial charge is 0.497 e. The third kappa shape index (κ3) is 3.76. The molecule has 6 heteroatoms. The molecule has 0 fully saturated rings. The first kappa shape index (κ1) is 14.9. The van der Waals surface area contributed by atoms with E-state index in [1.54, 1.807) is 18.2 Å². The Morgan fingerprint density at radius 2 is 1.86 bits per heavy atom. The highest BCUT2D eigenvalue weighted by atomic mass is 19.1. The number of hydrogen-bond donors (Lipinski definition) is 2. The van der Waals surface area contributed by atoms with Gasteiger partial charge in [-0.1, -0.05) is 12.1 Å². The predicted molar refractivity (Wildman–Crippen MR) is 72.9 cm³/mol. The lowest BCUT2D eigenvalue weighted by molar-refractivity contribution is -0.124. The standard InChI is InChI=1S/C15H13F2NO3/c1-21-13-4-2-3-9(5-13)14(19)15(20)18-12-7-10(16)6-11(17)8-12/h2-8,14,19H,1H3,(H,18,20). The molecule has 0 bridgehead atoms. The Balaban J connectivity index is 2.15. The Labute approximate surface area is 120 Å². The van der Waals surface area contributed by atoms with E-state index in [2.05, 4.69) is 5.32 Å². The topological polar surface area (TPSA) is 58.6 Å². The second kappa shape index (κ2) is 6.32. The van der Waals surface area contributed by atoms with Crippen LogP contribution >= 0.6 is 0 Å². The molecule has 1 amide bonds. The number of methoxy groups -OCH3 is 1. The molecule has 0 saturated heterocycles. The first-order chi connectivity index (χ1) is 9.99. The van der Waals surface area contributed by atoms with Gasteiger partial charge in [0.05, 0.1) is 7.11 Å². The molecule has 0 radical (unpaired) electrons. The molecule has 0 aliphatic carbocycles. The first-order valence-electron chi connectivity index (χ1n) is 6.08. The average Bonchev–Trinajstić information content (AvgIpc) is 2.45. The van der Waals surface area contributed by atoms with Gasteiger partial charge in [0, 0.05) is 11.8 Å². The molecule has 1 unspecified atom stereocenters. The number of nitrogens with one attached hydrogen (secondary N) is 1. The first-order valence-corrected chi connectivity index (χ1v) is 6.08. The van der Waals surface area contributed by atoms with Gasteiger partial charge in [-0.3, -0.25) is 4.79 Å². The highest BCUT2D eigenvalue weighted by Crippen LogP contribution is 2.21. The molecule has 0 saturated carbocycles. The van der Waals surface area contributed by atoms with Gasteiger partial charge < -0.3 is 15.2 Å². The van der Waals surface area contributed by atoms with Crippen LogP contribution in [0.2, 0.25) is 0 Å². The summed E-state index contributed by atoms with van der Waals surface area (Å²) in [5, 5.41) is 12.2. The van der Waals surface area contributed by atoms with Crippen LogP contribution in [0.25, 0.3) is 0 Å². The maximum Gasteiger partial charge on any atom is 0.257 e. The molecule has 0 aliphatic rings. The minimum Gasteiger partial charge on any atom is -0.497 e. The van der Waals surface area contributed by atoms with Crippen LogP contribution in [0.15, 0.2) is 42.5 Å². The molecule has 110 valence electrons. The van der Waals surface area contributed by atoms with E-state index in [0.717, 1.165) is 12.1 Å². The number of carbonyl (C=O) groups excluding carboxylic acids is 1. The van der Waals surface area contributed by atoms with Crippen LogP contribution in [0.4, 0.5) is 14.5 Å². The fourth-order valence-corrected chi connectivity index (χ4v) is 1.80. The second-order valence-electron chi connectivity index (χ2n) is 4.33. The Kier molecular flexibility index (Phi) is 4.49. The van der Waals surface area contributed by atoms with E-state index in [1.807, 2.05) is 0 Å². The Morgan fingerprint density at radius 1 is 1.19 bits per heavy atom. The summed E-state index contributed by atoms with van der Waals surface area (Å²) < 4.78 is 31.1. The van der Waals surface area contributed by atoms with Crippen molar-refractivity contribution in [3.8, 4) is 5.75 Å². The summed E-state index contributed by atoms with van der Waals surface area (Å²) in [5.74, 6) is -1.95. The van der Waals surface area contributed by atoms with Gasteiger partial charge in [0.15, 0.2) is 6.10 Å². The molecular formula is C15H13F2NO3. The highest BCUT2D eigenvalue weighted by molar-refractivity contribution is 5.94. The van der Waals surface area contributed by atoms with Crippen LogP contribution in [0.5, 0.6) is 5.75 Å². The van der Waals surface area contributed by atoms with E-state index < -0.39 is 23.6 Å². The number of hydrogen-bond acceptors (Lipinski definition) is 3. The summed E-state index contributed by atoms with van der Waals surface area (Å²) in [6.07, 6.45) is -1.48. The molecular weight excluding hydrogens is 280 g/mol. The van der Waals surface area contributed by atoms with Crippen molar-refractivity contribution in [2.45, 2.75) is 6.10 Å². The molecule has 2 aromatic rings. The lowest BCUT2D eigenvalue weighted by atomic mass is 10.1. The molecule has 1 atom stereocenters. The number of ether oxygens (including phenoxy) is 1. The number of halogens is 2. The minimum absolute atomic E-state index is 0.0700. The van der Waals surface area contributed by atoms with Crippen LogP contribution in [0, 0.1) is 11.6 Å². The van der Waals surface area contributed by atoms with Gasteiger partial charge in [-0.15, -0.1) is 0 Å². The summed E-state index contributed by atoms with van der Waals surface area (Å²) in [6.45, 7) is 0. The molecule has 2 aromatic carbocycles. The summed E-state index contributed by atoms with van der Waals surface area (Å²) in [5.41, 5.74) is 0.239. The molecule has 0 spiro atoms. The monoisotopic (exact) mass is 293 g/mol. The predicted octanol–water partition coefficient (Wildman–Crippen LogP) is 2.65.